The van der Waals surface area contributed by atoms with Crippen molar-refractivity contribution < 1.29 is 0 Å². The van der Waals surface area contributed by atoms with E-state index in [1.807, 2.05) is 16.8 Å². The SMILES string of the molecule is CC1CCCCC1CNc1nc(Br)cn2ccnc12. The highest BCUT2D eigenvalue weighted by atomic mass is 79.9. The van der Waals surface area contributed by atoms with Crippen LogP contribution in [0.25, 0.3) is 5.65 Å². The van der Waals surface area contributed by atoms with Gasteiger partial charge in [-0.15, -0.1) is 0 Å². The maximum Gasteiger partial charge on any atom is 0.180 e. The molecule has 19 heavy (non-hydrogen) atoms. The summed E-state index contributed by atoms with van der Waals surface area (Å²) in [4.78, 5) is 8.86. The Balaban J connectivity index is 1.75. The number of aromatic nitrogens is 3. The molecule has 0 aromatic carbocycles. The first-order valence-corrected chi connectivity index (χ1v) is 7.76. The molecule has 1 fully saturated rings. The lowest BCUT2D eigenvalue weighted by Crippen LogP contribution is -2.24. The zero-order valence-electron chi connectivity index (χ0n) is 11.1. The molecule has 2 unspecified atom stereocenters. The van der Waals surface area contributed by atoms with Gasteiger partial charge in [-0.1, -0.05) is 26.2 Å². The summed E-state index contributed by atoms with van der Waals surface area (Å²) in [6, 6.07) is 0. The highest BCUT2D eigenvalue weighted by molar-refractivity contribution is 9.10. The standard InChI is InChI=1S/C14H19BrN4/c1-10-4-2-3-5-11(10)8-17-13-14-16-6-7-19(14)9-12(15)18-13/h6-7,9-11H,2-5,8H2,1H3,(H,17,18). The van der Waals surface area contributed by atoms with Gasteiger partial charge < -0.3 is 9.72 Å². The summed E-state index contributed by atoms with van der Waals surface area (Å²) in [6.07, 6.45) is 11.1. The van der Waals surface area contributed by atoms with Crippen molar-refractivity contribution >= 4 is 27.4 Å². The molecular formula is C14H19BrN4. The average Bonchev–Trinajstić information content (AvgIpc) is 2.85. The van der Waals surface area contributed by atoms with E-state index < -0.39 is 0 Å². The zero-order chi connectivity index (χ0) is 13.2. The van der Waals surface area contributed by atoms with Gasteiger partial charge in [0.1, 0.15) is 4.60 Å². The minimum atomic E-state index is 0.754. The van der Waals surface area contributed by atoms with Crippen LogP contribution in [-0.4, -0.2) is 20.9 Å². The molecule has 3 rings (SSSR count). The molecule has 5 heteroatoms. The molecular weight excluding hydrogens is 304 g/mol. The minimum Gasteiger partial charge on any atom is -0.367 e. The van der Waals surface area contributed by atoms with Crippen molar-refractivity contribution in [1.82, 2.24) is 14.4 Å². The Hall–Kier alpha value is -1.10. The Bertz CT molecular complexity index is 566. The van der Waals surface area contributed by atoms with E-state index in [1.54, 1.807) is 6.20 Å². The van der Waals surface area contributed by atoms with E-state index in [4.69, 9.17) is 0 Å². The second-order valence-electron chi connectivity index (χ2n) is 5.47. The number of anilines is 1. The number of halogens is 1. The Labute approximate surface area is 121 Å². The summed E-state index contributed by atoms with van der Waals surface area (Å²) in [5.74, 6) is 2.44. The fourth-order valence-corrected chi connectivity index (χ4v) is 3.34. The predicted octanol–water partition coefficient (Wildman–Crippen LogP) is 3.73. The summed E-state index contributed by atoms with van der Waals surface area (Å²) in [6.45, 7) is 3.36. The van der Waals surface area contributed by atoms with Gasteiger partial charge >= 0.3 is 0 Å². The number of fused-ring (bicyclic) bond motifs is 1. The molecule has 0 radical (unpaired) electrons. The van der Waals surface area contributed by atoms with Crippen molar-refractivity contribution in [2.45, 2.75) is 32.6 Å². The van der Waals surface area contributed by atoms with Crippen LogP contribution < -0.4 is 5.32 Å². The number of rotatable bonds is 3. The molecule has 1 N–H and O–H groups in total. The van der Waals surface area contributed by atoms with Crippen molar-refractivity contribution in [3.05, 3.63) is 23.2 Å². The summed E-state index contributed by atoms with van der Waals surface area (Å²) in [7, 11) is 0. The molecule has 0 aliphatic heterocycles. The molecule has 1 aliphatic carbocycles. The van der Waals surface area contributed by atoms with Gasteiger partial charge in [-0.25, -0.2) is 9.97 Å². The van der Waals surface area contributed by atoms with Gasteiger partial charge in [0, 0.05) is 25.1 Å². The Morgan fingerprint density at radius 3 is 3.11 bits per heavy atom. The Kier molecular flexibility index (Phi) is 3.73. The quantitative estimate of drug-likeness (QED) is 0.936. The third-order valence-electron chi connectivity index (χ3n) is 4.17. The molecule has 0 amide bonds. The van der Waals surface area contributed by atoms with Crippen LogP contribution in [-0.2, 0) is 0 Å². The van der Waals surface area contributed by atoms with Crippen molar-refractivity contribution in [2.75, 3.05) is 11.9 Å². The van der Waals surface area contributed by atoms with Crippen LogP contribution in [0, 0.1) is 11.8 Å². The number of hydrogen-bond acceptors (Lipinski definition) is 3. The molecule has 4 nitrogen and oxygen atoms in total. The first kappa shape index (κ1) is 12.9. The molecule has 2 heterocycles. The molecule has 1 saturated carbocycles. The van der Waals surface area contributed by atoms with Crippen LogP contribution in [0.4, 0.5) is 5.82 Å². The molecule has 2 aromatic rings. The van der Waals surface area contributed by atoms with Crippen LogP contribution in [0.5, 0.6) is 0 Å². The van der Waals surface area contributed by atoms with Gasteiger partial charge in [0.2, 0.25) is 0 Å². The van der Waals surface area contributed by atoms with Crippen molar-refractivity contribution in [1.29, 1.82) is 0 Å². The van der Waals surface area contributed by atoms with E-state index in [2.05, 4.69) is 38.1 Å². The van der Waals surface area contributed by atoms with Gasteiger partial charge in [0.15, 0.2) is 11.5 Å². The lowest BCUT2D eigenvalue weighted by molar-refractivity contribution is 0.268. The number of imidazole rings is 1. The molecule has 2 atom stereocenters. The lowest BCUT2D eigenvalue weighted by atomic mass is 9.80. The molecule has 1 aliphatic rings. The molecule has 0 saturated heterocycles. The maximum atomic E-state index is 4.51. The van der Waals surface area contributed by atoms with Gasteiger partial charge in [-0.3, -0.25) is 0 Å². The van der Waals surface area contributed by atoms with Crippen LogP contribution in [0.2, 0.25) is 0 Å². The first-order valence-electron chi connectivity index (χ1n) is 6.97. The predicted molar refractivity (Wildman–Crippen MR) is 80.3 cm³/mol. The van der Waals surface area contributed by atoms with Gasteiger partial charge in [-0.2, -0.15) is 0 Å². The normalized spacial score (nSPS) is 23.7. The van der Waals surface area contributed by atoms with Crippen LogP contribution in [0.3, 0.4) is 0 Å². The molecule has 102 valence electrons. The third-order valence-corrected chi connectivity index (χ3v) is 4.55. The van der Waals surface area contributed by atoms with E-state index in [0.717, 1.165) is 34.4 Å². The smallest absolute Gasteiger partial charge is 0.180 e. The zero-order valence-corrected chi connectivity index (χ0v) is 12.7. The molecule has 0 spiro atoms. The van der Waals surface area contributed by atoms with E-state index in [1.165, 1.54) is 25.7 Å². The fraction of sp³-hybridized carbons (Fsp3) is 0.571. The van der Waals surface area contributed by atoms with Crippen LogP contribution >= 0.6 is 15.9 Å². The fourth-order valence-electron chi connectivity index (χ4n) is 2.94. The molecule has 0 bridgehead atoms. The highest BCUT2D eigenvalue weighted by Gasteiger charge is 2.21. The monoisotopic (exact) mass is 322 g/mol. The third kappa shape index (κ3) is 2.76. The summed E-state index contributed by atoms with van der Waals surface area (Å²) in [5.41, 5.74) is 0.895. The van der Waals surface area contributed by atoms with Crippen LogP contribution in [0.15, 0.2) is 23.2 Å². The number of nitrogens with one attached hydrogen (secondary N) is 1. The van der Waals surface area contributed by atoms with Gasteiger partial charge in [0.05, 0.1) is 0 Å². The van der Waals surface area contributed by atoms with Gasteiger partial charge in [0.25, 0.3) is 0 Å². The largest absolute Gasteiger partial charge is 0.367 e. The van der Waals surface area contributed by atoms with Crippen LogP contribution in [0.1, 0.15) is 32.6 Å². The van der Waals surface area contributed by atoms with Crippen molar-refractivity contribution in [2.24, 2.45) is 11.8 Å². The molecule has 2 aromatic heterocycles. The number of nitrogens with zero attached hydrogens (tertiary/aromatic N) is 3. The van der Waals surface area contributed by atoms with E-state index in [0.29, 0.717) is 0 Å². The van der Waals surface area contributed by atoms with E-state index in [9.17, 15) is 0 Å². The first-order chi connectivity index (χ1) is 9.24. The Morgan fingerprint density at radius 1 is 1.42 bits per heavy atom. The maximum absolute atomic E-state index is 4.51. The van der Waals surface area contributed by atoms with E-state index >= 15 is 0 Å². The highest BCUT2D eigenvalue weighted by Crippen LogP contribution is 2.30. The summed E-state index contributed by atoms with van der Waals surface area (Å²) in [5, 5.41) is 3.49. The Morgan fingerprint density at radius 2 is 2.26 bits per heavy atom. The number of hydrogen-bond donors (Lipinski definition) is 1. The summed E-state index contributed by atoms with van der Waals surface area (Å²) < 4.78 is 2.82. The second kappa shape index (κ2) is 5.49. The van der Waals surface area contributed by atoms with E-state index in [-0.39, 0.29) is 0 Å². The second-order valence-corrected chi connectivity index (χ2v) is 6.29. The van der Waals surface area contributed by atoms with Crippen molar-refractivity contribution in [3.63, 3.8) is 0 Å². The lowest BCUT2D eigenvalue weighted by Gasteiger charge is -2.29. The van der Waals surface area contributed by atoms with Gasteiger partial charge in [-0.05, 0) is 34.2 Å². The van der Waals surface area contributed by atoms with Crippen molar-refractivity contribution in [3.8, 4) is 0 Å². The summed E-state index contributed by atoms with van der Waals surface area (Å²) >= 11 is 3.45. The topological polar surface area (TPSA) is 42.2 Å². The average molecular weight is 323 g/mol. The minimum absolute atomic E-state index is 0.754.